The quantitative estimate of drug-likeness (QED) is 0.595. The van der Waals surface area contributed by atoms with E-state index >= 15 is 0 Å². The van der Waals surface area contributed by atoms with Crippen molar-refractivity contribution in [3.8, 4) is 0 Å². The molecule has 3 heteroatoms. The molecule has 0 heterocycles. The summed E-state index contributed by atoms with van der Waals surface area (Å²) in [4.78, 5) is 2.25. The van der Waals surface area contributed by atoms with Gasteiger partial charge in [-0.05, 0) is 38.1 Å². The fourth-order valence-corrected chi connectivity index (χ4v) is 3.03. The maximum absolute atomic E-state index is 6.16. The van der Waals surface area contributed by atoms with Crippen LogP contribution in [0.2, 0.25) is 0 Å². The topological polar surface area (TPSA) is 12.5 Å². The van der Waals surface area contributed by atoms with Crippen molar-refractivity contribution in [2.24, 2.45) is 0 Å². The molecule has 2 nitrogen and oxygen atoms in total. The third-order valence-electron chi connectivity index (χ3n) is 4.06. The maximum atomic E-state index is 6.16. The zero-order valence-electron chi connectivity index (χ0n) is 14.0. The molecule has 0 saturated heterocycles. The minimum Gasteiger partial charge on any atom is -0.373 e. The van der Waals surface area contributed by atoms with Crippen LogP contribution in [0.5, 0.6) is 0 Å². The van der Waals surface area contributed by atoms with E-state index in [1.807, 2.05) is 18.2 Å². The molecule has 0 aliphatic rings. The first-order valence-corrected chi connectivity index (χ1v) is 8.69. The molecule has 0 radical (unpaired) electrons. The van der Waals surface area contributed by atoms with E-state index < -0.39 is 0 Å². The van der Waals surface area contributed by atoms with E-state index in [2.05, 4.69) is 61.5 Å². The van der Waals surface area contributed by atoms with E-state index in [0.717, 1.165) is 12.8 Å². The van der Waals surface area contributed by atoms with Crippen LogP contribution < -0.4 is 0 Å². The number of alkyl halides is 1. The summed E-state index contributed by atoms with van der Waals surface area (Å²) in [6, 6.07) is 21.3. The van der Waals surface area contributed by atoms with Gasteiger partial charge in [0, 0.05) is 18.5 Å². The Kier molecular flexibility index (Phi) is 7.60. The molecule has 0 amide bonds. The molecule has 0 aliphatic heterocycles. The summed E-state index contributed by atoms with van der Waals surface area (Å²) in [6.45, 7) is 0.716. The lowest BCUT2D eigenvalue weighted by atomic mass is 10.0. The van der Waals surface area contributed by atoms with Gasteiger partial charge in [-0.2, -0.15) is 0 Å². The van der Waals surface area contributed by atoms with Crippen LogP contribution in [0.1, 0.15) is 36.1 Å². The number of rotatable bonds is 9. The first-order valence-electron chi connectivity index (χ1n) is 8.16. The fraction of sp³-hybridized carbons (Fsp3) is 0.400. The molecule has 2 aromatic rings. The molecular formula is C20H26ClNO. The van der Waals surface area contributed by atoms with Crippen molar-refractivity contribution in [3.05, 3.63) is 71.8 Å². The highest BCUT2D eigenvalue weighted by molar-refractivity contribution is 6.17. The summed E-state index contributed by atoms with van der Waals surface area (Å²) < 4.78 is 6.16. The minimum absolute atomic E-state index is 0.0762. The summed E-state index contributed by atoms with van der Waals surface area (Å²) in [5.41, 5.74) is 2.53. The van der Waals surface area contributed by atoms with Crippen LogP contribution in [-0.4, -0.2) is 31.5 Å². The molecule has 23 heavy (non-hydrogen) atoms. The van der Waals surface area contributed by atoms with Crippen molar-refractivity contribution in [2.75, 3.05) is 26.6 Å². The van der Waals surface area contributed by atoms with E-state index in [-0.39, 0.29) is 6.10 Å². The highest BCUT2D eigenvalue weighted by atomic mass is 35.5. The van der Waals surface area contributed by atoms with E-state index in [9.17, 15) is 0 Å². The van der Waals surface area contributed by atoms with Gasteiger partial charge in [0.1, 0.15) is 0 Å². The Balaban J connectivity index is 1.95. The zero-order valence-corrected chi connectivity index (χ0v) is 14.7. The molecule has 124 valence electrons. The third kappa shape index (κ3) is 5.65. The van der Waals surface area contributed by atoms with Gasteiger partial charge in [0.05, 0.1) is 6.10 Å². The van der Waals surface area contributed by atoms with Crippen molar-refractivity contribution in [1.29, 1.82) is 0 Å². The van der Waals surface area contributed by atoms with Crippen LogP contribution in [0.15, 0.2) is 60.7 Å². The van der Waals surface area contributed by atoms with Crippen LogP contribution in [-0.2, 0) is 4.74 Å². The SMILES string of the molecule is CN(C)C(CCOC(CCCl)c1ccccc1)c1ccccc1. The number of hydrogen-bond acceptors (Lipinski definition) is 2. The van der Waals surface area contributed by atoms with Crippen LogP contribution in [0.3, 0.4) is 0 Å². The van der Waals surface area contributed by atoms with Gasteiger partial charge < -0.3 is 9.64 Å². The van der Waals surface area contributed by atoms with Crippen LogP contribution >= 0.6 is 11.6 Å². The average Bonchev–Trinajstić information content (AvgIpc) is 2.59. The molecule has 2 atom stereocenters. The number of halogens is 1. The average molecular weight is 332 g/mol. The van der Waals surface area contributed by atoms with E-state index in [1.165, 1.54) is 11.1 Å². The molecule has 0 aromatic heterocycles. The van der Waals surface area contributed by atoms with Crippen molar-refractivity contribution >= 4 is 11.6 Å². The van der Waals surface area contributed by atoms with Gasteiger partial charge in [-0.1, -0.05) is 60.7 Å². The summed E-state index contributed by atoms with van der Waals surface area (Å²) in [7, 11) is 4.23. The molecule has 0 N–H and O–H groups in total. The van der Waals surface area contributed by atoms with Crippen LogP contribution in [0, 0.1) is 0 Å². The predicted octanol–water partition coefficient (Wildman–Crippen LogP) is 5.07. The molecule has 0 saturated carbocycles. The smallest absolute Gasteiger partial charge is 0.0836 e. The van der Waals surface area contributed by atoms with Gasteiger partial charge in [0.25, 0.3) is 0 Å². The molecule has 0 aliphatic carbocycles. The lowest BCUT2D eigenvalue weighted by Crippen LogP contribution is -2.22. The summed E-state index contributed by atoms with van der Waals surface area (Å²) in [5, 5.41) is 0. The molecular weight excluding hydrogens is 306 g/mol. The molecule has 2 aromatic carbocycles. The first kappa shape index (κ1) is 18.0. The second-order valence-electron chi connectivity index (χ2n) is 5.93. The molecule has 0 bridgehead atoms. The second-order valence-corrected chi connectivity index (χ2v) is 6.30. The van der Waals surface area contributed by atoms with Crippen molar-refractivity contribution in [2.45, 2.75) is 25.0 Å². The Labute approximate surface area is 145 Å². The van der Waals surface area contributed by atoms with Crippen LogP contribution in [0.4, 0.5) is 0 Å². The summed E-state index contributed by atoms with van der Waals surface area (Å²) >= 11 is 5.95. The van der Waals surface area contributed by atoms with Crippen LogP contribution in [0.25, 0.3) is 0 Å². The largest absolute Gasteiger partial charge is 0.373 e. The van der Waals surface area contributed by atoms with E-state index in [4.69, 9.17) is 16.3 Å². The summed E-state index contributed by atoms with van der Waals surface area (Å²) in [5.74, 6) is 0.607. The number of benzene rings is 2. The Morgan fingerprint density at radius 1 is 0.870 bits per heavy atom. The molecule has 0 spiro atoms. The van der Waals surface area contributed by atoms with Gasteiger partial charge in [-0.3, -0.25) is 0 Å². The normalized spacial score (nSPS) is 13.9. The Morgan fingerprint density at radius 3 is 1.96 bits per heavy atom. The molecule has 2 unspecified atom stereocenters. The van der Waals surface area contributed by atoms with Gasteiger partial charge in [0.15, 0.2) is 0 Å². The standard InChI is InChI=1S/C20H26ClNO/c1-22(2)19(17-9-5-3-6-10-17)14-16-23-20(13-15-21)18-11-7-4-8-12-18/h3-12,19-20H,13-16H2,1-2H3. The lowest BCUT2D eigenvalue weighted by Gasteiger charge is -2.26. The predicted molar refractivity (Wildman–Crippen MR) is 98.0 cm³/mol. The Hall–Kier alpha value is -1.35. The second kappa shape index (κ2) is 9.71. The third-order valence-corrected chi connectivity index (χ3v) is 4.28. The van der Waals surface area contributed by atoms with Gasteiger partial charge >= 0.3 is 0 Å². The number of hydrogen-bond donors (Lipinski definition) is 0. The Bertz CT molecular complexity index is 544. The van der Waals surface area contributed by atoms with Crippen molar-refractivity contribution in [1.82, 2.24) is 4.90 Å². The minimum atomic E-state index is 0.0762. The Morgan fingerprint density at radius 2 is 1.43 bits per heavy atom. The molecule has 0 fully saturated rings. The van der Waals surface area contributed by atoms with Crippen molar-refractivity contribution in [3.63, 3.8) is 0 Å². The van der Waals surface area contributed by atoms with Crippen molar-refractivity contribution < 1.29 is 4.74 Å². The van der Waals surface area contributed by atoms with Gasteiger partial charge in [0.2, 0.25) is 0 Å². The lowest BCUT2D eigenvalue weighted by molar-refractivity contribution is 0.0378. The van der Waals surface area contributed by atoms with Gasteiger partial charge in [-0.25, -0.2) is 0 Å². The number of nitrogens with zero attached hydrogens (tertiary/aromatic N) is 1. The highest BCUT2D eigenvalue weighted by Crippen LogP contribution is 2.25. The monoisotopic (exact) mass is 331 g/mol. The maximum Gasteiger partial charge on any atom is 0.0836 e. The molecule has 2 rings (SSSR count). The fourth-order valence-electron chi connectivity index (χ4n) is 2.83. The van der Waals surface area contributed by atoms with Gasteiger partial charge in [-0.15, -0.1) is 11.6 Å². The first-order chi connectivity index (χ1) is 11.2. The van der Waals surface area contributed by atoms with E-state index in [1.54, 1.807) is 0 Å². The number of ether oxygens (including phenoxy) is 1. The zero-order chi connectivity index (χ0) is 16.5. The summed E-state index contributed by atoms with van der Waals surface area (Å²) in [6.07, 6.45) is 1.87. The van der Waals surface area contributed by atoms with E-state index in [0.29, 0.717) is 18.5 Å². The highest BCUT2D eigenvalue weighted by Gasteiger charge is 2.16.